The second kappa shape index (κ2) is 7.82. The molecule has 9 heteroatoms. The van der Waals surface area contributed by atoms with Gasteiger partial charge in [0, 0.05) is 6.04 Å². The van der Waals surface area contributed by atoms with E-state index in [0.29, 0.717) is 17.2 Å². The molecule has 2 rings (SSSR count). The van der Waals surface area contributed by atoms with Crippen molar-refractivity contribution >= 4 is 23.7 Å². The van der Waals surface area contributed by atoms with Crippen LogP contribution in [-0.2, 0) is 4.79 Å². The number of nitrogens with one attached hydrogen (secondary N) is 2. The summed E-state index contributed by atoms with van der Waals surface area (Å²) in [6.07, 6.45) is 2.32. The van der Waals surface area contributed by atoms with Crippen LogP contribution in [0, 0.1) is 6.92 Å². The number of carbonyl (C=O) groups is 2. The number of aryl methyl sites for hydroxylation is 1. The smallest absolute Gasteiger partial charge is 0.321 e. The van der Waals surface area contributed by atoms with Gasteiger partial charge >= 0.3 is 6.03 Å². The normalized spacial score (nSPS) is 12.0. The third kappa shape index (κ3) is 4.85. The molecule has 3 amide bonds. The highest BCUT2D eigenvalue weighted by atomic mass is 32.2. The standard InChI is InChI=1S/C14H18N4O4S/c1-4-8(2)15-13(20)16-11(19)7-23-14-18-17-12(22-14)10-5-6-21-9(10)3/h5-6,8H,4,7H2,1-3H3,(H2,15,16,19,20)/t8-/m0/s1. The minimum atomic E-state index is -0.509. The van der Waals surface area contributed by atoms with Gasteiger partial charge in [-0.1, -0.05) is 18.7 Å². The molecule has 1 atom stereocenters. The van der Waals surface area contributed by atoms with Crippen molar-refractivity contribution in [2.75, 3.05) is 5.75 Å². The van der Waals surface area contributed by atoms with Crippen LogP contribution in [0.3, 0.4) is 0 Å². The third-order valence-electron chi connectivity index (χ3n) is 3.07. The molecular weight excluding hydrogens is 320 g/mol. The topological polar surface area (TPSA) is 110 Å². The molecular formula is C14H18N4O4S. The fourth-order valence-corrected chi connectivity index (χ4v) is 2.20. The molecule has 2 N–H and O–H groups in total. The average Bonchev–Trinajstić information content (AvgIpc) is 3.13. The number of urea groups is 1. The zero-order valence-corrected chi connectivity index (χ0v) is 13.9. The van der Waals surface area contributed by atoms with Crippen molar-refractivity contribution in [1.29, 1.82) is 0 Å². The molecule has 0 aliphatic heterocycles. The molecule has 0 unspecified atom stereocenters. The van der Waals surface area contributed by atoms with Gasteiger partial charge in [0.2, 0.25) is 5.91 Å². The molecule has 0 aromatic carbocycles. The highest BCUT2D eigenvalue weighted by Gasteiger charge is 2.15. The Morgan fingerprint density at radius 1 is 1.39 bits per heavy atom. The number of hydrogen-bond donors (Lipinski definition) is 2. The van der Waals surface area contributed by atoms with E-state index in [-0.39, 0.29) is 17.0 Å². The summed E-state index contributed by atoms with van der Waals surface area (Å²) >= 11 is 1.06. The summed E-state index contributed by atoms with van der Waals surface area (Å²) in [7, 11) is 0. The molecule has 0 spiro atoms. The molecule has 0 saturated heterocycles. The number of hydrogen-bond acceptors (Lipinski definition) is 7. The van der Waals surface area contributed by atoms with Gasteiger partial charge < -0.3 is 14.2 Å². The lowest BCUT2D eigenvalue weighted by atomic mass is 10.3. The predicted octanol–water partition coefficient (Wildman–Crippen LogP) is 2.35. The number of rotatable bonds is 6. The monoisotopic (exact) mass is 338 g/mol. The van der Waals surface area contributed by atoms with Crippen molar-refractivity contribution in [2.24, 2.45) is 0 Å². The molecule has 0 aliphatic rings. The average molecular weight is 338 g/mol. The molecule has 2 aromatic heterocycles. The van der Waals surface area contributed by atoms with Gasteiger partial charge in [-0.3, -0.25) is 10.1 Å². The first-order valence-corrected chi connectivity index (χ1v) is 8.09. The Kier molecular flexibility index (Phi) is 5.80. The molecule has 0 aliphatic carbocycles. The highest BCUT2D eigenvalue weighted by molar-refractivity contribution is 7.99. The van der Waals surface area contributed by atoms with E-state index in [2.05, 4.69) is 20.8 Å². The van der Waals surface area contributed by atoms with Gasteiger partial charge in [0.1, 0.15) is 5.76 Å². The summed E-state index contributed by atoms with van der Waals surface area (Å²) in [5.74, 6) is 0.563. The number of thioether (sulfide) groups is 1. The lowest BCUT2D eigenvalue weighted by Crippen LogP contribution is -2.43. The first-order valence-electron chi connectivity index (χ1n) is 7.10. The van der Waals surface area contributed by atoms with Crippen molar-refractivity contribution in [3.8, 4) is 11.5 Å². The SMILES string of the molecule is CC[C@H](C)NC(=O)NC(=O)CSc1nnc(-c2ccoc2C)o1. The van der Waals surface area contributed by atoms with Crippen molar-refractivity contribution in [1.82, 2.24) is 20.8 Å². The minimum Gasteiger partial charge on any atom is -0.469 e. The molecule has 2 aromatic rings. The first kappa shape index (κ1) is 17.1. The number of imide groups is 1. The van der Waals surface area contributed by atoms with Crippen molar-refractivity contribution < 1.29 is 18.4 Å². The van der Waals surface area contributed by atoms with Crippen LogP contribution in [0.1, 0.15) is 26.0 Å². The van der Waals surface area contributed by atoms with Crippen LogP contribution in [0.15, 0.2) is 26.4 Å². The van der Waals surface area contributed by atoms with Gasteiger partial charge in [-0.05, 0) is 26.3 Å². The number of nitrogens with zero attached hydrogens (tertiary/aromatic N) is 2. The summed E-state index contributed by atoms with van der Waals surface area (Å²) < 4.78 is 10.6. The molecule has 0 saturated carbocycles. The van der Waals surface area contributed by atoms with Crippen LogP contribution in [0.2, 0.25) is 0 Å². The lowest BCUT2D eigenvalue weighted by Gasteiger charge is -2.11. The van der Waals surface area contributed by atoms with E-state index in [0.717, 1.165) is 18.2 Å². The summed E-state index contributed by atoms with van der Waals surface area (Å²) in [5.41, 5.74) is 0.710. The van der Waals surface area contributed by atoms with E-state index >= 15 is 0 Å². The zero-order valence-electron chi connectivity index (χ0n) is 13.1. The summed E-state index contributed by atoms with van der Waals surface area (Å²) in [6, 6.07) is 1.22. The van der Waals surface area contributed by atoms with E-state index < -0.39 is 11.9 Å². The zero-order chi connectivity index (χ0) is 16.8. The van der Waals surface area contributed by atoms with Gasteiger partial charge in [0.25, 0.3) is 11.1 Å². The van der Waals surface area contributed by atoms with Gasteiger partial charge in [-0.2, -0.15) is 0 Å². The van der Waals surface area contributed by atoms with E-state index in [1.54, 1.807) is 13.0 Å². The summed E-state index contributed by atoms with van der Waals surface area (Å²) in [4.78, 5) is 23.2. The fourth-order valence-electron chi connectivity index (χ4n) is 1.64. The largest absolute Gasteiger partial charge is 0.469 e. The van der Waals surface area contributed by atoms with Crippen molar-refractivity contribution in [3.05, 3.63) is 18.1 Å². The van der Waals surface area contributed by atoms with Crippen LogP contribution in [0.25, 0.3) is 11.5 Å². The van der Waals surface area contributed by atoms with Crippen LogP contribution < -0.4 is 10.6 Å². The second-order valence-corrected chi connectivity index (χ2v) is 5.81. The maximum atomic E-state index is 11.7. The third-order valence-corrected chi connectivity index (χ3v) is 3.88. The van der Waals surface area contributed by atoms with Gasteiger partial charge in [-0.15, -0.1) is 10.2 Å². The van der Waals surface area contributed by atoms with Crippen LogP contribution in [-0.4, -0.2) is 33.9 Å². The number of carbonyl (C=O) groups excluding carboxylic acids is 2. The number of amides is 3. The molecule has 23 heavy (non-hydrogen) atoms. The Balaban J connectivity index is 1.82. The summed E-state index contributed by atoms with van der Waals surface area (Å²) in [6.45, 7) is 5.59. The fraction of sp³-hybridized carbons (Fsp3) is 0.429. The summed E-state index contributed by atoms with van der Waals surface area (Å²) in [5, 5.41) is 12.9. The van der Waals surface area contributed by atoms with Crippen LogP contribution in [0.4, 0.5) is 4.79 Å². The maximum Gasteiger partial charge on any atom is 0.321 e. The number of furan rings is 1. The first-order chi connectivity index (χ1) is 11.0. The minimum absolute atomic E-state index is 0.0000711. The van der Waals surface area contributed by atoms with Gasteiger partial charge in [-0.25, -0.2) is 4.79 Å². The molecule has 8 nitrogen and oxygen atoms in total. The predicted molar refractivity (Wildman–Crippen MR) is 83.9 cm³/mol. The molecule has 0 radical (unpaired) electrons. The quantitative estimate of drug-likeness (QED) is 0.778. The van der Waals surface area contributed by atoms with E-state index in [1.807, 2.05) is 13.8 Å². The van der Waals surface area contributed by atoms with E-state index in [1.165, 1.54) is 6.26 Å². The van der Waals surface area contributed by atoms with Gasteiger partial charge in [0.05, 0.1) is 17.6 Å². The van der Waals surface area contributed by atoms with Crippen LogP contribution >= 0.6 is 11.8 Å². The Morgan fingerprint density at radius 3 is 2.83 bits per heavy atom. The van der Waals surface area contributed by atoms with E-state index in [4.69, 9.17) is 8.83 Å². The second-order valence-electron chi connectivity index (χ2n) is 4.88. The Hall–Kier alpha value is -2.29. The Morgan fingerprint density at radius 2 is 2.17 bits per heavy atom. The molecule has 0 fully saturated rings. The maximum absolute atomic E-state index is 11.7. The van der Waals surface area contributed by atoms with Gasteiger partial charge in [0.15, 0.2) is 0 Å². The van der Waals surface area contributed by atoms with Crippen molar-refractivity contribution in [3.63, 3.8) is 0 Å². The lowest BCUT2D eigenvalue weighted by molar-refractivity contribution is -0.117. The number of aromatic nitrogens is 2. The molecule has 0 bridgehead atoms. The Bertz CT molecular complexity index is 682. The van der Waals surface area contributed by atoms with Crippen molar-refractivity contribution in [2.45, 2.75) is 38.5 Å². The molecule has 124 valence electrons. The Labute approximate surface area is 137 Å². The highest BCUT2D eigenvalue weighted by Crippen LogP contribution is 2.26. The van der Waals surface area contributed by atoms with E-state index in [9.17, 15) is 9.59 Å². The van der Waals surface area contributed by atoms with Crippen LogP contribution in [0.5, 0.6) is 0 Å². The molecule has 2 heterocycles.